The summed E-state index contributed by atoms with van der Waals surface area (Å²) in [6.45, 7) is 2.65. The van der Waals surface area contributed by atoms with E-state index in [9.17, 15) is 13.2 Å². The van der Waals surface area contributed by atoms with Crippen molar-refractivity contribution in [3.05, 3.63) is 54.0 Å². The zero-order chi connectivity index (χ0) is 15.3. The first-order valence-electron chi connectivity index (χ1n) is 6.53. The van der Waals surface area contributed by atoms with Crippen LogP contribution < -0.4 is 5.32 Å². The Morgan fingerprint density at radius 2 is 1.90 bits per heavy atom. The minimum atomic E-state index is -4.24. The summed E-state index contributed by atoms with van der Waals surface area (Å²) in [5.74, 6) is 0.909. The summed E-state index contributed by atoms with van der Waals surface area (Å²) in [4.78, 5) is 0.204. The van der Waals surface area contributed by atoms with Gasteiger partial charge < -0.3 is 9.73 Å². The van der Waals surface area contributed by atoms with Crippen LogP contribution in [0, 0.1) is 0 Å². The zero-order valence-electron chi connectivity index (χ0n) is 11.5. The lowest BCUT2D eigenvalue weighted by atomic mass is 10.1. The molecule has 1 N–H and O–H groups in total. The maximum atomic E-state index is 12.2. The van der Waals surface area contributed by atoms with Crippen LogP contribution in [0.4, 0.5) is 13.2 Å². The van der Waals surface area contributed by atoms with Crippen LogP contribution in [0.3, 0.4) is 0 Å². The number of thioether (sulfide) groups is 1. The van der Waals surface area contributed by atoms with E-state index in [1.54, 1.807) is 18.4 Å². The molecule has 1 heterocycles. The Bertz CT molecular complexity index is 537. The fourth-order valence-corrected chi connectivity index (χ4v) is 2.44. The van der Waals surface area contributed by atoms with Crippen molar-refractivity contribution in [1.82, 2.24) is 5.32 Å². The Kier molecular flexibility index (Phi) is 5.36. The highest BCUT2D eigenvalue weighted by Crippen LogP contribution is 2.36. The van der Waals surface area contributed by atoms with Gasteiger partial charge in [0.2, 0.25) is 0 Å². The molecule has 2 nitrogen and oxygen atoms in total. The number of halogens is 3. The highest BCUT2D eigenvalue weighted by Gasteiger charge is 2.28. The normalized spacial score (nSPS) is 13.3. The number of hydrogen-bond donors (Lipinski definition) is 1. The van der Waals surface area contributed by atoms with Gasteiger partial charge in [-0.2, -0.15) is 13.2 Å². The van der Waals surface area contributed by atoms with E-state index in [1.165, 1.54) is 12.1 Å². The minimum Gasteiger partial charge on any atom is -0.469 e. The van der Waals surface area contributed by atoms with E-state index < -0.39 is 5.51 Å². The molecular weight excluding hydrogens is 299 g/mol. The van der Waals surface area contributed by atoms with Crippen LogP contribution in [0.2, 0.25) is 0 Å². The quantitative estimate of drug-likeness (QED) is 0.788. The topological polar surface area (TPSA) is 25.2 Å². The second-order valence-electron chi connectivity index (χ2n) is 4.76. The number of rotatable bonds is 6. The van der Waals surface area contributed by atoms with Crippen LogP contribution in [0.1, 0.15) is 18.2 Å². The van der Waals surface area contributed by atoms with Crippen LogP contribution in [0.25, 0.3) is 0 Å². The van der Waals surface area contributed by atoms with Crippen LogP contribution in [-0.2, 0) is 13.0 Å². The third-order valence-corrected chi connectivity index (χ3v) is 3.64. The van der Waals surface area contributed by atoms with Crippen LogP contribution >= 0.6 is 11.8 Å². The van der Waals surface area contributed by atoms with E-state index in [0.717, 1.165) is 17.7 Å². The Hall–Kier alpha value is -1.40. The molecule has 0 saturated carbocycles. The van der Waals surface area contributed by atoms with Gasteiger partial charge in [0.1, 0.15) is 5.76 Å². The van der Waals surface area contributed by atoms with Gasteiger partial charge in [-0.3, -0.25) is 0 Å². The van der Waals surface area contributed by atoms with Gasteiger partial charge in [-0.25, -0.2) is 0 Å². The molecule has 0 amide bonds. The predicted molar refractivity (Wildman–Crippen MR) is 77.1 cm³/mol. The van der Waals surface area contributed by atoms with Gasteiger partial charge >= 0.3 is 5.51 Å². The van der Waals surface area contributed by atoms with Crippen LogP contribution in [0.15, 0.2) is 52.0 Å². The summed E-state index contributed by atoms with van der Waals surface area (Å²) in [5.41, 5.74) is -3.29. The second kappa shape index (κ2) is 7.04. The van der Waals surface area contributed by atoms with Gasteiger partial charge in [0, 0.05) is 23.9 Å². The summed E-state index contributed by atoms with van der Waals surface area (Å²) < 4.78 is 41.9. The highest BCUT2D eigenvalue weighted by molar-refractivity contribution is 8.00. The first-order valence-corrected chi connectivity index (χ1v) is 7.34. The first kappa shape index (κ1) is 16.0. The van der Waals surface area contributed by atoms with E-state index in [4.69, 9.17) is 4.42 Å². The SMILES string of the molecule is CC(Cc1ccco1)NCc1ccc(SC(F)(F)F)cc1. The molecule has 1 atom stereocenters. The molecule has 1 unspecified atom stereocenters. The third kappa shape index (κ3) is 5.85. The Morgan fingerprint density at radius 3 is 2.48 bits per heavy atom. The fraction of sp³-hybridized carbons (Fsp3) is 0.333. The van der Waals surface area contributed by atoms with Crippen molar-refractivity contribution in [1.29, 1.82) is 0 Å². The molecule has 0 fully saturated rings. The monoisotopic (exact) mass is 315 g/mol. The van der Waals surface area contributed by atoms with Gasteiger partial charge in [-0.15, -0.1) is 0 Å². The lowest BCUT2D eigenvalue weighted by Gasteiger charge is -2.13. The number of benzene rings is 1. The highest BCUT2D eigenvalue weighted by atomic mass is 32.2. The van der Waals surface area contributed by atoms with E-state index in [2.05, 4.69) is 5.32 Å². The molecule has 0 aliphatic heterocycles. The van der Waals surface area contributed by atoms with Crippen LogP contribution in [-0.4, -0.2) is 11.6 Å². The Labute approximate surface area is 125 Å². The Balaban J connectivity index is 1.80. The molecule has 0 spiro atoms. The number of hydrogen-bond acceptors (Lipinski definition) is 3. The van der Waals surface area contributed by atoms with E-state index in [-0.39, 0.29) is 22.7 Å². The number of nitrogens with one attached hydrogen (secondary N) is 1. The fourth-order valence-electron chi connectivity index (χ4n) is 1.90. The maximum absolute atomic E-state index is 12.2. The predicted octanol–water partition coefficient (Wildman–Crippen LogP) is 4.61. The largest absolute Gasteiger partial charge is 0.469 e. The zero-order valence-corrected chi connectivity index (χ0v) is 12.3. The summed E-state index contributed by atoms with van der Waals surface area (Å²) >= 11 is -0.0962. The summed E-state index contributed by atoms with van der Waals surface area (Å²) in [6, 6.07) is 10.4. The number of furan rings is 1. The lowest BCUT2D eigenvalue weighted by molar-refractivity contribution is -0.0328. The van der Waals surface area contributed by atoms with Gasteiger partial charge in [0.25, 0.3) is 0 Å². The van der Waals surface area contributed by atoms with Crippen molar-refractivity contribution >= 4 is 11.8 Å². The minimum absolute atomic E-state index is 0.0962. The molecule has 6 heteroatoms. The summed E-state index contributed by atoms with van der Waals surface area (Å²) in [6.07, 6.45) is 2.41. The molecule has 0 aliphatic rings. The molecule has 1 aromatic carbocycles. The average molecular weight is 315 g/mol. The Morgan fingerprint density at radius 1 is 1.19 bits per heavy atom. The molecule has 0 bridgehead atoms. The molecule has 0 aliphatic carbocycles. The van der Waals surface area contributed by atoms with E-state index in [1.807, 2.05) is 19.1 Å². The standard InChI is InChI=1S/C15H16F3NOS/c1-11(9-13-3-2-8-20-13)19-10-12-4-6-14(7-5-12)21-15(16,17)18/h2-8,11,19H,9-10H2,1H3. The first-order chi connectivity index (χ1) is 9.92. The van der Waals surface area contributed by atoms with Crippen molar-refractivity contribution < 1.29 is 17.6 Å². The van der Waals surface area contributed by atoms with E-state index in [0.29, 0.717) is 6.54 Å². The molecule has 0 saturated heterocycles. The average Bonchev–Trinajstić information content (AvgIpc) is 2.89. The van der Waals surface area contributed by atoms with Gasteiger partial charge in [-0.05, 0) is 48.5 Å². The van der Waals surface area contributed by atoms with Crippen molar-refractivity contribution in [2.45, 2.75) is 36.3 Å². The molecule has 2 aromatic rings. The van der Waals surface area contributed by atoms with Gasteiger partial charge in [0.05, 0.1) is 6.26 Å². The summed E-state index contributed by atoms with van der Waals surface area (Å²) in [7, 11) is 0. The summed E-state index contributed by atoms with van der Waals surface area (Å²) in [5, 5.41) is 3.32. The molecule has 21 heavy (non-hydrogen) atoms. The van der Waals surface area contributed by atoms with Crippen molar-refractivity contribution in [3.8, 4) is 0 Å². The van der Waals surface area contributed by atoms with Crippen LogP contribution in [0.5, 0.6) is 0 Å². The van der Waals surface area contributed by atoms with Crippen molar-refractivity contribution in [3.63, 3.8) is 0 Å². The lowest BCUT2D eigenvalue weighted by Crippen LogP contribution is -2.27. The van der Waals surface area contributed by atoms with E-state index >= 15 is 0 Å². The molecule has 114 valence electrons. The van der Waals surface area contributed by atoms with Crippen molar-refractivity contribution in [2.24, 2.45) is 0 Å². The van der Waals surface area contributed by atoms with Crippen molar-refractivity contribution in [2.75, 3.05) is 0 Å². The number of alkyl halides is 3. The maximum Gasteiger partial charge on any atom is 0.446 e. The van der Waals surface area contributed by atoms with Gasteiger partial charge in [-0.1, -0.05) is 12.1 Å². The molecule has 0 radical (unpaired) electrons. The molecule has 2 rings (SSSR count). The second-order valence-corrected chi connectivity index (χ2v) is 5.90. The smallest absolute Gasteiger partial charge is 0.446 e. The van der Waals surface area contributed by atoms with Gasteiger partial charge in [0.15, 0.2) is 0 Å². The third-order valence-electron chi connectivity index (χ3n) is 2.90. The molecule has 1 aromatic heterocycles. The molecular formula is C15H16F3NOS.